The van der Waals surface area contributed by atoms with E-state index in [2.05, 4.69) is 38.1 Å². The molecule has 1 aromatic carbocycles. The van der Waals surface area contributed by atoms with Crippen LogP contribution in [0, 0.1) is 0 Å². The van der Waals surface area contributed by atoms with Crippen LogP contribution in [0.1, 0.15) is 37.8 Å². The monoisotopic (exact) mass is 234 g/mol. The fraction of sp³-hybridized carbons (Fsp3) is 0.357. The van der Waals surface area contributed by atoms with Crippen LogP contribution in [0.25, 0.3) is 6.08 Å². The summed E-state index contributed by atoms with van der Waals surface area (Å²) in [6.45, 7) is 5.98. The van der Waals surface area contributed by atoms with Crippen molar-refractivity contribution < 1.29 is 4.79 Å². The molecule has 1 nitrogen and oxygen atoms in total. The van der Waals surface area contributed by atoms with Gasteiger partial charge in [-0.1, -0.05) is 62.0 Å². The Morgan fingerprint density at radius 3 is 2.69 bits per heavy atom. The Morgan fingerprint density at radius 1 is 1.38 bits per heavy atom. The summed E-state index contributed by atoms with van der Waals surface area (Å²) in [7, 11) is 0. The molecule has 1 rings (SSSR count). The van der Waals surface area contributed by atoms with E-state index in [0.717, 1.165) is 5.75 Å². The summed E-state index contributed by atoms with van der Waals surface area (Å²) < 4.78 is 0. The third-order valence-electron chi connectivity index (χ3n) is 2.30. The smallest absolute Gasteiger partial charge is 0.186 e. The van der Waals surface area contributed by atoms with Gasteiger partial charge in [-0.3, -0.25) is 4.79 Å². The molecule has 0 amide bonds. The first-order valence-electron chi connectivity index (χ1n) is 5.50. The number of thioether (sulfide) groups is 1. The standard InChI is InChI=1S/C14H18OS/c1-11(2)14-9-5-4-7-13(14)8-6-10-16-12(3)15/h4-9,11H,10H2,1-3H3. The third kappa shape index (κ3) is 4.23. The molecule has 0 unspecified atom stereocenters. The number of benzene rings is 1. The van der Waals surface area contributed by atoms with Crippen molar-refractivity contribution in [3.8, 4) is 0 Å². The Hall–Kier alpha value is -1.02. The molecule has 0 saturated carbocycles. The molecule has 0 spiro atoms. The summed E-state index contributed by atoms with van der Waals surface area (Å²) >= 11 is 1.34. The molecule has 0 radical (unpaired) electrons. The molecule has 0 saturated heterocycles. The van der Waals surface area contributed by atoms with Crippen LogP contribution in [0.15, 0.2) is 30.3 Å². The molecule has 2 heteroatoms. The molecule has 16 heavy (non-hydrogen) atoms. The van der Waals surface area contributed by atoms with Crippen molar-refractivity contribution in [2.24, 2.45) is 0 Å². The maximum absolute atomic E-state index is 10.8. The van der Waals surface area contributed by atoms with Crippen molar-refractivity contribution in [1.29, 1.82) is 0 Å². The molecule has 0 aliphatic carbocycles. The van der Waals surface area contributed by atoms with Crippen molar-refractivity contribution in [3.63, 3.8) is 0 Å². The van der Waals surface area contributed by atoms with E-state index < -0.39 is 0 Å². The molecule has 0 heterocycles. The molecular formula is C14H18OS. The average molecular weight is 234 g/mol. The molecule has 1 aromatic rings. The van der Waals surface area contributed by atoms with Crippen LogP contribution in [-0.4, -0.2) is 10.9 Å². The Morgan fingerprint density at radius 2 is 2.06 bits per heavy atom. The predicted molar refractivity (Wildman–Crippen MR) is 72.7 cm³/mol. The van der Waals surface area contributed by atoms with E-state index in [9.17, 15) is 4.79 Å². The second kappa shape index (κ2) is 6.54. The van der Waals surface area contributed by atoms with Crippen LogP contribution in [0.4, 0.5) is 0 Å². The largest absolute Gasteiger partial charge is 0.288 e. The summed E-state index contributed by atoms with van der Waals surface area (Å²) in [5, 5.41) is 0.168. The first-order valence-corrected chi connectivity index (χ1v) is 6.48. The minimum absolute atomic E-state index is 0.168. The SMILES string of the molecule is CC(=O)SCC=Cc1ccccc1C(C)C. The highest BCUT2D eigenvalue weighted by Gasteiger charge is 2.02. The lowest BCUT2D eigenvalue weighted by Gasteiger charge is -2.08. The van der Waals surface area contributed by atoms with Gasteiger partial charge in [-0.05, 0) is 17.0 Å². The van der Waals surface area contributed by atoms with Crippen LogP contribution < -0.4 is 0 Å². The average Bonchev–Trinajstić information content (AvgIpc) is 2.24. The predicted octanol–water partition coefficient (Wildman–Crippen LogP) is 4.10. The second-order valence-electron chi connectivity index (χ2n) is 3.99. The highest BCUT2D eigenvalue weighted by molar-refractivity contribution is 8.13. The van der Waals surface area contributed by atoms with Gasteiger partial charge in [-0.2, -0.15) is 0 Å². The van der Waals surface area contributed by atoms with Crippen LogP contribution in [0.5, 0.6) is 0 Å². The Balaban J connectivity index is 2.69. The van der Waals surface area contributed by atoms with Crippen LogP contribution >= 0.6 is 11.8 Å². The molecule has 0 aromatic heterocycles. The van der Waals surface area contributed by atoms with E-state index in [1.807, 2.05) is 12.1 Å². The lowest BCUT2D eigenvalue weighted by molar-refractivity contribution is -0.109. The number of rotatable bonds is 4. The van der Waals surface area contributed by atoms with Crippen molar-refractivity contribution in [2.75, 3.05) is 5.75 Å². The Labute approximate surface area is 102 Å². The summed E-state index contributed by atoms with van der Waals surface area (Å²) in [6.07, 6.45) is 4.15. The Bertz CT molecular complexity index is 380. The minimum atomic E-state index is 0.168. The van der Waals surface area contributed by atoms with Crippen molar-refractivity contribution in [2.45, 2.75) is 26.7 Å². The van der Waals surface area contributed by atoms with E-state index >= 15 is 0 Å². The zero-order valence-corrected chi connectivity index (χ0v) is 10.9. The van der Waals surface area contributed by atoms with Gasteiger partial charge in [0.15, 0.2) is 5.12 Å². The lowest BCUT2D eigenvalue weighted by Crippen LogP contribution is -1.91. The van der Waals surface area contributed by atoms with Crippen molar-refractivity contribution in [3.05, 3.63) is 41.5 Å². The van der Waals surface area contributed by atoms with Crippen LogP contribution in [-0.2, 0) is 4.79 Å². The minimum Gasteiger partial charge on any atom is -0.288 e. The van der Waals surface area contributed by atoms with Crippen LogP contribution in [0.2, 0.25) is 0 Å². The summed E-state index contributed by atoms with van der Waals surface area (Å²) in [4.78, 5) is 10.8. The number of carbonyl (C=O) groups is 1. The number of hydrogen-bond acceptors (Lipinski definition) is 2. The molecule has 86 valence electrons. The zero-order chi connectivity index (χ0) is 12.0. The van der Waals surface area contributed by atoms with Gasteiger partial charge in [0.05, 0.1) is 0 Å². The van der Waals surface area contributed by atoms with E-state index in [4.69, 9.17) is 0 Å². The van der Waals surface area contributed by atoms with Gasteiger partial charge in [0, 0.05) is 12.7 Å². The van der Waals surface area contributed by atoms with Crippen molar-refractivity contribution in [1.82, 2.24) is 0 Å². The topological polar surface area (TPSA) is 17.1 Å². The summed E-state index contributed by atoms with van der Waals surface area (Å²) in [5.41, 5.74) is 2.60. The normalized spacial score (nSPS) is 11.2. The van der Waals surface area contributed by atoms with Gasteiger partial charge in [0.25, 0.3) is 0 Å². The molecule has 0 N–H and O–H groups in total. The third-order valence-corrected chi connectivity index (χ3v) is 3.06. The van der Waals surface area contributed by atoms with E-state index in [-0.39, 0.29) is 5.12 Å². The molecule has 0 aliphatic heterocycles. The molecule has 0 bridgehead atoms. The van der Waals surface area contributed by atoms with E-state index in [0.29, 0.717) is 5.92 Å². The molecule has 0 aliphatic rings. The fourth-order valence-electron chi connectivity index (χ4n) is 1.53. The number of carbonyl (C=O) groups excluding carboxylic acids is 1. The highest BCUT2D eigenvalue weighted by Crippen LogP contribution is 2.20. The quantitative estimate of drug-likeness (QED) is 0.780. The molecule has 0 atom stereocenters. The van der Waals surface area contributed by atoms with Crippen molar-refractivity contribution >= 4 is 23.0 Å². The maximum Gasteiger partial charge on any atom is 0.186 e. The first kappa shape index (κ1) is 13.0. The second-order valence-corrected chi connectivity index (χ2v) is 5.19. The van der Waals surface area contributed by atoms with Gasteiger partial charge in [-0.25, -0.2) is 0 Å². The summed E-state index contributed by atoms with van der Waals surface area (Å²) in [5.74, 6) is 1.28. The summed E-state index contributed by atoms with van der Waals surface area (Å²) in [6, 6.07) is 8.38. The first-order chi connectivity index (χ1) is 7.61. The van der Waals surface area contributed by atoms with Gasteiger partial charge in [0.2, 0.25) is 0 Å². The highest BCUT2D eigenvalue weighted by atomic mass is 32.2. The van der Waals surface area contributed by atoms with E-state index in [1.54, 1.807) is 6.92 Å². The van der Waals surface area contributed by atoms with Gasteiger partial charge in [-0.15, -0.1) is 0 Å². The maximum atomic E-state index is 10.8. The van der Waals surface area contributed by atoms with E-state index in [1.165, 1.54) is 22.9 Å². The molecular weight excluding hydrogens is 216 g/mol. The van der Waals surface area contributed by atoms with Gasteiger partial charge in [0.1, 0.15) is 0 Å². The Kier molecular flexibility index (Phi) is 5.33. The fourth-order valence-corrected chi connectivity index (χ4v) is 1.96. The van der Waals surface area contributed by atoms with Gasteiger partial charge >= 0.3 is 0 Å². The zero-order valence-electron chi connectivity index (χ0n) is 10.1. The molecule has 0 fully saturated rings. The van der Waals surface area contributed by atoms with Gasteiger partial charge < -0.3 is 0 Å². The van der Waals surface area contributed by atoms with Crippen LogP contribution in [0.3, 0.4) is 0 Å². The number of hydrogen-bond donors (Lipinski definition) is 0. The lowest BCUT2D eigenvalue weighted by atomic mass is 9.97.